The summed E-state index contributed by atoms with van der Waals surface area (Å²) in [7, 11) is 0. The molecule has 2 aliphatic heterocycles. The molecule has 2 heterocycles. The number of rotatable bonds is 7. The van der Waals surface area contributed by atoms with E-state index in [1.54, 1.807) is 24.3 Å². The van der Waals surface area contributed by atoms with Crippen molar-refractivity contribution < 1.29 is 14.4 Å². The number of carbonyl (C=O) groups is 3. The molecule has 3 N–H and O–H groups in total. The van der Waals surface area contributed by atoms with Crippen molar-refractivity contribution in [3.8, 4) is 0 Å². The Labute approximate surface area is 175 Å². The van der Waals surface area contributed by atoms with Gasteiger partial charge in [0.25, 0.3) is 5.91 Å². The summed E-state index contributed by atoms with van der Waals surface area (Å²) in [6, 6.07) is 5.31. The highest BCUT2D eigenvalue weighted by atomic mass is 35.5. The smallest absolute Gasteiger partial charge is 0.329 e. The van der Waals surface area contributed by atoms with Crippen LogP contribution in [0.5, 0.6) is 0 Å². The molecule has 154 valence electrons. The summed E-state index contributed by atoms with van der Waals surface area (Å²) < 4.78 is 0. The van der Waals surface area contributed by atoms with Crippen molar-refractivity contribution in [2.24, 2.45) is 0 Å². The van der Waals surface area contributed by atoms with E-state index in [9.17, 15) is 14.4 Å². The molecule has 1 aromatic rings. The van der Waals surface area contributed by atoms with Crippen LogP contribution in [0, 0.1) is 0 Å². The number of nitrogens with one attached hydrogen (secondary N) is 3. The number of nitrogens with zero attached hydrogens (tertiary/aromatic N) is 2. The molecule has 2 saturated heterocycles. The third-order valence-corrected chi connectivity index (χ3v) is 4.98. The summed E-state index contributed by atoms with van der Waals surface area (Å²) >= 11 is 5.84. The number of hydrogen-bond acceptors (Lipinski definition) is 5. The predicted molar refractivity (Wildman–Crippen MR) is 110 cm³/mol. The van der Waals surface area contributed by atoms with Crippen LogP contribution >= 0.6 is 24.0 Å². The van der Waals surface area contributed by atoms with Crippen LogP contribution in [0.4, 0.5) is 10.5 Å². The van der Waals surface area contributed by atoms with E-state index in [-0.39, 0.29) is 37.1 Å². The second-order valence-corrected chi connectivity index (χ2v) is 7.07. The Kier molecular flexibility index (Phi) is 8.50. The van der Waals surface area contributed by atoms with E-state index in [4.69, 9.17) is 11.6 Å². The van der Waals surface area contributed by atoms with Crippen molar-refractivity contribution in [1.29, 1.82) is 0 Å². The molecule has 0 aromatic heterocycles. The lowest BCUT2D eigenvalue weighted by Crippen LogP contribution is -2.46. The van der Waals surface area contributed by atoms with Crippen LogP contribution in [0.3, 0.4) is 0 Å². The first kappa shape index (κ1) is 22.4. The van der Waals surface area contributed by atoms with Gasteiger partial charge < -0.3 is 16.0 Å². The average molecular weight is 430 g/mol. The number of amides is 4. The van der Waals surface area contributed by atoms with Gasteiger partial charge in [-0.3, -0.25) is 14.5 Å². The van der Waals surface area contributed by atoms with E-state index in [2.05, 4.69) is 20.9 Å². The summed E-state index contributed by atoms with van der Waals surface area (Å²) in [6.45, 7) is 5.32. The van der Waals surface area contributed by atoms with Gasteiger partial charge in [-0.2, -0.15) is 0 Å². The zero-order chi connectivity index (χ0) is 19.2. The van der Waals surface area contributed by atoms with E-state index in [0.717, 1.165) is 37.6 Å². The first-order valence-corrected chi connectivity index (χ1v) is 9.52. The Morgan fingerprint density at radius 3 is 2.54 bits per heavy atom. The van der Waals surface area contributed by atoms with Crippen LogP contribution in [0.15, 0.2) is 24.3 Å². The highest BCUT2D eigenvalue weighted by Crippen LogP contribution is 2.23. The molecule has 2 fully saturated rings. The van der Waals surface area contributed by atoms with E-state index in [0.29, 0.717) is 17.3 Å². The number of benzene rings is 1. The van der Waals surface area contributed by atoms with E-state index >= 15 is 0 Å². The second-order valence-electron chi connectivity index (χ2n) is 6.63. The lowest BCUT2D eigenvalue weighted by atomic mass is 10.1. The van der Waals surface area contributed by atoms with Crippen molar-refractivity contribution in [2.75, 3.05) is 44.2 Å². The van der Waals surface area contributed by atoms with Crippen molar-refractivity contribution in [1.82, 2.24) is 20.9 Å². The summed E-state index contributed by atoms with van der Waals surface area (Å²) in [5.41, 5.74) is 0.463. The molecule has 1 atom stereocenters. The molecule has 0 radical (unpaired) electrons. The monoisotopic (exact) mass is 429 g/mol. The zero-order valence-corrected chi connectivity index (χ0v) is 17.0. The van der Waals surface area contributed by atoms with E-state index in [1.165, 1.54) is 0 Å². The van der Waals surface area contributed by atoms with Gasteiger partial charge in [-0.05, 0) is 30.7 Å². The molecule has 10 heteroatoms. The van der Waals surface area contributed by atoms with Crippen LogP contribution in [-0.2, 0) is 9.59 Å². The fourth-order valence-electron chi connectivity index (χ4n) is 3.21. The number of carbonyl (C=O) groups excluding carboxylic acids is 3. The van der Waals surface area contributed by atoms with Crippen molar-refractivity contribution in [2.45, 2.75) is 18.9 Å². The van der Waals surface area contributed by atoms with Crippen LogP contribution in [0.25, 0.3) is 0 Å². The SMILES string of the molecule is Cl.O=C(CCC1NC(=O)N(c2ccc(Cl)cc2)C1=O)NCCN1CCNCC1. The average Bonchev–Trinajstić information content (AvgIpc) is 2.95. The first-order valence-electron chi connectivity index (χ1n) is 9.14. The quantitative estimate of drug-likeness (QED) is 0.561. The Hall–Kier alpha value is -1.87. The van der Waals surface area contributed by atoms with Gasteiger partial charge in [0.1, 0.15) is 6.04 Å². The third kappa shape index (κ3) is 5.81. The maximum atomic E-state index is 12.5. The molecule has 0 saturated carbocycles. The highest BCUT2D eigenvalue weighted by Gasteiger charge is 2.38. The summed E-state index contributed by atoms with van der Waals surface area (Å²) in [5.74, 6) is -0.465. The molecule has 3 rings (SSSR count). The van der Waals surface area contributed by atoms with Gasteiger partial charge in [0.2, 0.25) is 5.91 Å². The molecule has 2 aliphatic rings. The van der Waals surface area contributed by atoms with Crippen LogP contribution in [0.2, 0.25) is 5.02 Å². The van der Waals surface area contributed by atoms with E-state index < -0.39 is 12.1 Å². The fraction of sp³-hybridized carbons (Fsp3) is 0.500. The molecule has 28 heavy (non-hydrogen) atoms. The molecule has 8 nitrogen and oxygen atoms in total. The lowest BCUT2D eigenvalue weighted by molar-refractivity contribution is -0.121. The molecule has 0 bridgehead atoms. The molecule has 0 aliphatic carbocycles. The molecule has 1 aromatic carbocycles. The van der Waals surface area contributed by atoms with Gasteiger partial charge in [-0.1, -0.05) is 11.6 Å². The van der Waals surface area contributed by atoms with Crippen LogP contribution in [0.1, 0.15) is 12.8 Å². The molecule has 4 amide bonds. The number of piperazine rings is 1. The minimum Gasteiger partial charge on any atom is -0.355 e. The highest BCUT2D eigenvalue weighted by molar-refractivity contribution is 6.30. The number of imide groups is 1. The Bertz CT molecular complexity index is 695. The Morgan fingerprint density at radius 1 is 1.18 bits per heavy atom. The largest absolute Gasteiger partial charge is 0.355 e. The van der Waals surface area contributed by atoms with Crippen LogP contribution in [-0.4, -0.2) is 68.1 Å². The maximum absolute atomic E-state index is 12.5. The predicted octanol–water partition coefficient (Wildman–Crippen LogP) is 0.988. The van der Waals surface area contributed by atoms with Gasteiger partial charge >= 0.3 is 6.03 Å². The maximum Gasteiger partial charge on any atom is 0.329 e. The van der Waals surface area contributed by atoms with Gasteiger partial charge in [-0.25, -0.2) is 9.69 Å². The number of urea groups is 1. The normalized spacial score (nSPS) is 19.9. The number of halogens is 2. The Morgan fingerprint density at radius 2 is 1.86 bits per heavy atom. The third-order valence-electron chi connectivity index (χ3n) is 4.72. The van der Waals surface area contributed by atoms with E-state index in [1.807, 2.05) is 0 Å². The minimum atomic E-state index is -0.688. The molecular weight excluding hydrogens is 405 g/mol. The second kappa shape index (κ2) is 10.6. The summed E-state index contributed by atoms with van der Waals surface area (Å²) in [6.07, 6.45) is 0.459. The van der Waals surface area contributed by atoms with Gasteiger partial charge in [-0.15, -0.1) is 12.4 Å². The Balaban J connectivity index is 0.00000280. The zero-order valence-electron chi connectivity index (χ0n) is 15.4. The number of hydrogen-bond donors (Lipinski definition) is 3. The van der Waals surface area contributed by atoms with Gasteiger partial charge in [0, 0.05) is 50.7 Å². The van der Waals surface area contributed by atoms with Gasteiger partial charge in [0.05, 0.1) is 5.69 Å². The van der Waals surface area contributed by atoms with Crippen molar-refractivity contribution in [3.63, 3.8) is 0 Å². The number of anilines is 1. The topological polar surface area (TPSA) is 93.8 Å². The molecular formula is C18H25Cl2N5O3. The molecule has 0 spiro atoms. The minimum absolute atomic E-state index is 0. The van der Waals surface area contributed by atoms with Gasteiger partial charge in [0.15, 0.2) is 0 Å². The standard InChI is InChI=1S/C18H24ClN5O3.ClH/c19-13-1-3-14(4-2-13)24-17(26)15(22-18(24)27)5-6-16(25)21-9-12-23-10-7-20-8-11-23;/h1-4,15,20H,5-12H2,(H,21,25)(H,22,27);1H. The lowest BCUT2D eigenvalue weighted by Gasteiger charge is -2.27. The fourth-order valence-corrected chi connectivity index (χ4v) is 3.34. The van der Waals surface area contributed by atoms with Crippen molar-refractivity contribution >= 4 is 47.5 Å². The summed E-state index contributed by atoms with van der Waals surface area (Å²) in [5, 5.41) is 9.33. The first-order chi connectivity index (χ1) is 13.0. The summed E-state index contributed by atoms with van der Waals surface area (Å²) in [4.78, 5) is 40.0. The molecule has 1 unspecified atom stereocenters. The van der Waals surface area contributed by atoms with Crippen LogP contribution < -0.4 is 20.9 Å². The van der Waals surface area contributed by atoms with Crippen molar-refractivity contribution in [3.05, 3.63) is 29.3 Å².